The summed E-state index contributed by atoms with van der Waals surface area (Å²) >= 11 is 1.56. The Hall–Kier alpha value is -2.52. The molecule has 0 spiro atoms. The van der Waals surface area contributed by atoms with Gasteiger partial charge in [-0.15, -0.1) is 11.3 Å². The highest BCUT2D eigenvalue weighted by molar-refractivity contribution is 7.89. The van der Waals surface area contributed by atoms with Gasteiger partial charge >= 0.3 is 0 Å². The minimum absolute atomic E-state index is 0.111. The maximum atomic E-state index is 13.3. The summed E-state index contributed by atoms with van der Waals surface area (Å²) in [4.78, 5) is 14.3. The first-order chi connectivity index (χ1) is 15.7. The average Bonchev–Trinajstić information content (AvgIpc) is 3.32. The molecule has 4 rings (SSSR count). The van der Waals surface area contributed by atoms with E-state index in [1.165, 1.54) is 16.4 Å². The second-order valence-corrected chi connectivity index (χ2v) is 11.4. The highest BCUT2D eigenvalue weighted by Crippen LogP contribution is 2.27. The van der Waals surface area contributed by atoms with Crippen molar-refractivity contribution < 1.29 is 17.9 Å². The number of nitrogens with zero attached hydrogens (tertiary/aromatic N) is 1. The molecular formula is C25H28N2O4S2. The third-order valence-corrected chi connectivity index (χ3v) is 8.40. The van der Waals surface area contributed by atoms with E-state index in [0.717, 1.165) is 16.0 Å². The average molecular weight is 485 g/mol. The molecule has 0 saturated carbocycles. The number of thiophene rings is 1. The van der Waals surface area contributed by atoms with Crippen molar-refractivity contribution in [1.82, 2.24) is 9.62 Å². The number of nitrogens with one attached hydrogen (secondary N) is 1. The molecule has 1 fully saturated rings. The summed E-state index contributed by atoms with van der Waals surface area (Å²) in [6, 6.07) is 17.9. The number of rotatable bonds is 6. The Morgan fingerprint density at radius 1 is 1.06 bits per heavy atom. The lowest BCUT2D eigenvalue weighted by Crippen LogP contribution is -2.48. The maximum absolute atomic E-state index is 13.3. The van der Waals surface area contributed by atoms with E-state index in [1.54, 1.807) is 23.5 Å². The van der Waals surface area contributed by atoms with Crippen LogP contribution in [0.5, 0.6) is 0 Å². The minimum Gasteiger partial charge on any atom is -0.373 e. The van der Waals surface area contributed by atoms with Gasteiger partial charge in [0, 0.05) is 23.5 Å². The van der Waals surface area contributed by atoms with E-state index in [0.29, 0.717) is 5.56 Å². The molecule has 8 heteroatoms. The number of hydrogen-bond donors (Lipinski definition) is 1. The van der Waals surface area contributed by atoms with E-state index in [9.17, 15) is 13.2 Å². The van der Waals surface area contributed by atoms with Crippen LogP contribution in [-0.4, -0.2) is 43.9 Å². The first-order valence-corrected chi connectivity index (χ1v) is 13.2. The number of sulfonamides is 1. The van der Waals surface area contributed by atoms with Gasteiger partial charge in [-0.05, 0) is 56.0 Å². The van der Waals surface area contributed by atoms with Gasteiger partial charge in [-0.1, -0.05) is 42.0 Å². The number of carbonyl (C=O) groups excluding carboxylic acids is 1. The molecule has 0 aliphatic carbocycles. The lowest BCUT2D eigenvalue weighted by atomic mass is 10.0. The van der Waals surface area contributed by atoms with Gasteiger partial charge in [0.25, 0.3) is 5.91 Å². The Labute approximate surface area is 199 Å². The van der Waals surface area contributed by atoms with Crippen molar-refractivity contribution in [1.29, 1.82) is 0 Å². The van der Waals surface area contributed by atoms with Crippen LogP contribution in [0.2, 0.25) is 0 Å². The fourth-order valence-electron chi connectivity index (χ4n) is 4.02. The van der Waals surface area contributed by atoms with Crippen LogP contribution in [0, 0.1) is 6.92 Å². The quantitative estimate of drug-likeness (QED) is 0.564. The van der Waals surface area contributed by atoms with Gasteiger partial charge in [0.05, 0.1) is 23.1 Å². The Kier molecular flexibility index (Phi) is 6.99. The van der Waals surface area contributed by atoms with Crippen LogP contribution < -0.4 is 5.32 Å². The molecule has 6 nitrogen and oxygen atoms in total. The van der Waals surface area contributed by atoms with E-state index >= 15 is 0 Å². The highest BCUT2D eigenvalue weighted by atomic mass is 32.2. The molecule has 2 heterocycles. The second-order valence-electron chi connectivity index (χ2n) is 8.44. The monoisotopic (exact) mass is 484 g/mol. The molecule has 1 aliphatic rings. The molecule has 1 aliphatic heterocycles. The Bertz CT molecular complexity index is 1200. The lowest BCUT2D eigenvalue weighted by Gasteiger charge is -2.34. The first-order valence-electron chi connectivity index (χ1n) is 10.9. The number of hydrogen-bond acceptors (Lipinski definition) is 5. The molecule has 3 atom stereocenters. The van der Waals surface area contributed by atoms with Gasteiger partial charge in [0.15, 0.2) is 0 Å². The van der Waals surface area contributed by atoms with Crippen molar-refractivity contribution in [3.8, 4) is 0 Å². The fourth-order valence-corrected chi connectivity index (χ4v) is 6.46. The molecule has 2 aromatic carbocycles. The zero-order valence-electron chi connectivity index (χ0n) is 18.9. The standard InChI is InChI=1S/C25H28N2O4S2/c1-17-9-11-20(12-10-17)24(23-8-5-13-32-23)26-25(28)21-6-4-7-22(14-21)33(29,30)27-15-18(2)31-19(3)16-27/h4-14,18-19,24H,15-16H2,1-3H3,(H,26,28). The minimum atomic E-state index is -3.74. The first kappa shape index (κ1) is 23.6. The van der Waals surface area contributed by atoms with Crippen molar-refractivity contribution in [2.45, 2.75) is 43.9 Å². The molecule has 3 aromatic rings. The number of ether oxygens (including phenoxy) is 1. The number of morpholine rings is 1. The van der Waals surface area contributed by atoms with Gasteiger partial charge in [-0.25, -0.2) is 8.42 Å². The molecule has 3 unspecified atom stereocenters. The van der Waals surface area contributed by atoms with Crippen molar-refractivity contribution in [3.63, 3.8) is 0 Å². The van der Waals surface area contributed by atoms with Crippen molar-refractivity contribution in [3.05, 3.63) is 87.6 Å². The number of carbonyl (C=O) groups is 1. The second kappa shape index (κ2) is 9.77. The number of benzene rings is 2. The number of amides is 1. The van der Waals surface area contributed by atoms with Crippen LogP contribution in [0.3, 0.4) is 0 Å². The van der Waals surface area contributed by atoms with Crippen LogP contribution in [0.1, 0.15) is 46.3 Å². The fraction of sp³-hybridized carbons (Fsp3) is 0.320. The maximum Gasteiger partial charge on any atom is 0.252 e. The molecule has 33 heavy (non-hydrogen) atoms. The zero-order chi connectivity index (χ0) is 23.6. The molecule has 0 bridgehead atoms. The molecular weight excluding hydrogens is 456 g/mol. The molecule has 1 amide bonds. The molecule has 1 aromatic heterocycles. The Morgan fingerprint density at radius 2 is 1.76 bits per heavy atom. The highest BCUT2D eigenvalue weighted by Gasteiger charge is 2.32. The lowest BCUT2D eigenvalue weighted by molar-refractivity contribution is -0.0440. The largest absolute Gasteiger partial charge is 0.373 e. The molecule has 174 valence electrons. The smallest absolute Gasteiger partial charge is 0.252 e. The van der Waals surface area contributed by atoms with Crippen LogP contribution in [0.25, 0.3) is 0 Å². The summed E-state index contributed by atoms with van der Waals surface area (Å²) in [6.45, 7) is 6.31. The van der Waals surface area contributed by atoms with Gasteiger partial charge in [-0.2, -0.15) is 4.31 Å². The predicted octanol–water partition coefficient (Wildman–Crippen LogP) is 4.37. The van der Waals surface area contributed by atoms with Gasteiger partial charge in [0.1, 0.15) is 0 Å². The predicted molar refractivity (Wildman–Crippen MR) is 130 cm³/mol. The van der Waals surface area contributed by atoms with E-state index in [1.807, 2.05) is 62.5 Å². The van der Waals surface area contributed by atoms with E-state index in [2.05, 4.69) is 5.32 Å². The molecule has 1 saturated heterocycles. The summed E-state index contributed by atoms with van der Waals surface area (Å²) in [6.07, 6.45) is -0.368. The van der Waals surface area contributed by atoms with Crippen LogP contribution in [0.15, 0.2) is 70.9 Å². The molecule has 1 N–H and O–H groups in total. The molecule has 0 radical (unpaired) electrons. The van der Waals surface area contributed by atoms with Crippen molar-refractivity contribution in [2.24, 2.45) is 0 Å². The van der Waals surface area contributed by atoms with Gasteiger partial charge in [-0.3, -0.25) is 4.79 Å². The summed E-state index contributed by atoms with van der Waals surface area (Å²) in [5.41, 5.74) is 2.41. The van der Waals surface area contributed by atoms with Crippen LogP contribution in [-0.2, 0) is 14.8 Å². The van der Waals surface area contributed by atoms with Gasteiger partial charge < -0.3 is 10.1 Å². The van der Waals surface area contributed by atoms with Crippen molar-refractivity contribution in [2.75, 3.05) is 13.1 Å². The summed E-state index contributed by atoms with van der Waals surface area (Å²) < 4.78 is 33.6. The summed E-state index contributed by atoms with van der Waals surface area (Å²) in [5.74, 6) is -0.324. The van der Waals surface area contributed by atoms with E-state index in [-0.39, 0.29) is 42.1 Å². The normalized spacial score (nSPS) is 20.3. The van der Waals surface area contributed by atoms with Gasteiger partial charge in [0.2, 0.25) is 10.0 Å². The van der Waals surface area contributed by atoms with Crippen molar-refractivity contribution >= 4 is 27.3 Å². The summed E-state index contributed by atoms with van der Waals surface area (Å²) in [5, 5.41) is 5.06. The third kappa shape index (κ3) is 5.35. The third-order valence-electron chi connectivity index (χ3n) is 5.63. The number of aryl methyl sites for hydroxylation is 1. The van der Waals surface area contributed by atoms with E-state index < -0.39 is 10.0 Å². The summed E-state index contributed by atoms with van der Waals surface area (Å²) in [7, 11) is -3.74. The Balaban J connectivity index is 1.59. The topological polar surface area (TPSA) is 75.7 Å². The van der Waals surface area contributed by atoms with Crippen LogP contribution in [0.4, 0.5) is 0 Å². The van der Waals surface area contributed by atoms with Crippen LogP contribution >= 0.6 is 11.3 Å². The SMILES string of the molecule is Cc1ccc(C(NC(=O)c2cccc(S(=O)(=O)N3CC(C)OC(C)C3)c2)c2cccs2)cc1. The zero-order valence-corrected chi connectivity index (χ0v) is 20.5. The Morgan fingerprint density at radius 3 is 2.39 bits per heavy atom. The van der Waals surface area contributed by atoms with E-state index in [4.69, 9.17) is 4.74 Å².